The molecule has 0 N–H and O–H groups in total. The molecule has 9 aromatic carbocycles. The van der Waals surface area contributed by atoms with E-state index in [1.54, 1.807) is 0 Å². The van der Waals surface area contributed by atoms with Crippen molar-refractivity contribution >= 4 is 119 Å². The fraction of sp³-hybridized carbons (Fsp3) is 0.0741. The third kappa shape index (κ3) is 5.51. The van der Waals surface area contributed by atoms with Crippen LogP contribution in [0.15, 0.2) is 170 Å². The van der Waals surface area contributed by atoms with Gasteiger partial charge in [0.2, 0.25) is 0 Å². The van der Waals surface area contributed by atoms with Gasteiger partial charge in [-0.25, -0.2) is 0 Å². The zero-order valence-corrected chi connectivity index (χ0v) is 34.5. The Morgan fingerprint density at radius 3 is 1.02 bits per heavy atom. The summed E-state index contributed by atoms with van der Waals surface area (Å²) in [4.78, 5) is 4.82. The molecule has 0 aliphatic rings. The molecular weight excluding hydrogens is 741 g/mol. The predicted octanol–water partition coefficient (Wildman–Crippen LogP) is 16.9. The number of nitrogens with zero attached hydrogens (tertiary/aromatic N) is 2. The molecular formula is C54H40N2S2. The minimum atomic E-state index is 1.17. The van der Waals surface area contributed by atoms with E-state index in [1.807, 2.05) is 22.7 Å². The van der Waals surface area contributed by atoms with E-state index in [0.717, 1.165) is 0 Å². The van der Waals surface area contributed by atoms with Gasteiger partial charge in [0.05, 0.1) is 0 Å². The van der Waals surface area contributed by atoms with Crippen LogP contribution in [0.1, 0.15) is 22.3 Å². The molecule has 278 valence electrons. The molecule has 58 heavy (non-hydrogen) atoms. The van der Waals surface area contributed by atoms with Crippen molar-refractivity contribution in [3.63, 3.8) is 0 Å². The number of benzene rings is 9. The van der Waals surface area contributed by atoms with Gasteiger partial charge >= 0.3 is 0 Å². The molecule has 0 amide bonds. The SMILES string of the molecule is Cc1ccccc1N(c1ccc2c(ccc3c4cc5c(cc4sc23)sc2c3ccc(N(c4ccccc4C)c4ccccc4C)cc3ccc52)c1)c1ccccc1C. The summed E-state index contributed by atoms with van der Waals surface area (Å²) in [6.45, 7) is 8.79. The summed E-state index contributed by atoms with van der Waals surface area (Å²) in [6, 6.07) is 62.9. The molecule has 0 aliphatic heterocycles. The number of para-hydroxylation sites is 4. The van der Waals surface area contributed by atoms with Crippen molar-refractivity contribution < 1.29 is 0 Å². The Balaban J connectivity index is 1.02. The van der Waals surface area contributed by atoms with E-state index in [2.05, 4.69) is 207 Å². The standard InChI is InChI=1S/C54H40N2S2/c1-33-13-5-9-17-47(33)55(48-18-10-6-14-34(48)2)39-23-27-41-37(29-39)21-25-43-45-31-46-44-26-22-38-30-40(24-28-42(38)54(44)58-52(46)32-51(45)57-53(41)43)56(49-19-11-7-15-35(49)3)50-20-12-8-16-36(50)4/h5-32H,1-4H3. The third-order valence-corrected chi connectivity index (χ3v) is 14.3. The summed E-state index contributed by atoms with van der Waals surface area (Å²) in [7, 11) is 0. The van der Waals surface area contributed by atoms with E-state index >= 15 is 0 Å². The van der Waals surface area contributed by atoms with Crippen molar-refractivity contribution in [2.24, 2.45) is 0 Å². The van der Waals surface area contributed by atoms with Crippen LogP contribution in [0.2, 0.25) is 0 Å². The van der Waals surface area contributed by atoms with E-state index in [0.29, 0.717) is 0 Å². The Morgan fingerprint density at radius 2 is 0.655 bits per heavy atom. The highest BCUT2D eigenvalue weighted by molar-refractivity contribution is 7.29. The fourth-order valence-electron chi connectivity index (χ4n) is 8.94. The Kier molecular flexibility index (Phi) is 8.14. The first-order valence-electron chi connectivity index (χ1n) is 19.9. The van der Waals surface area contributed by atoms with Crippen molar-refractivity contribution in [1.82, 2.24) is 0 Å². The summed E-state index contributed by atoms with van der Waals surface area (Å²) in [5.41, 5.74) is 12.1. The summed E-state index contributed by atoms with van der Waals surface area (Å²) >= 11 is 3.84. The monoisotopic (exact) mass is 780 g/mol. The second-order valence-corrected chi connectivity index (χ2v) is 17.7. The van der Waals surface area contributed by atoms with Gasteiger partial charge in [-0.05, 0) is 132 Å². The molecule has 2 aromatic heterocycles. The van der Waals surface area contributed by atoms with Crippen LogP contribution in [-0.4, -0.2) is 0 Å². The summed E-state index contributed by atoms with van der Waals surface area (Å²) in [5.74, 6) is 0. The molecule has 2 heterocycles. The number of hydrogen-bond donors (Lipinski definition) is 0. The maximum absolute atomic E-state index is 2.46. The lowest BCUT2D eigenvalue weighted by Gasteiger charge is -2.28. The van der Waals surface area contributed by atoms with Gasteiger partial charge in [-0.2, -0.15) is 0 Å². The van der Waals surface area contributed by atoms with Crippen LogP contribution in [-0.2, 0) is 0 Å². The van der Waals surface area contributed by atoms with Gasteiger partial charge in [-0.1, -0.05) is 109 Å². The van der Waals surface area contributed by atoms with Crippen LogP contribution in [0.4, 0.5) is 34.1 Å². The number of fused-ring (bicyclic) bond motifs is 10. The van der Waals surface area contributed by atoms with Gasteiger partial charge < -0.3 is 9.80 Å². The molecule has 0 spiro atoms. The second-order valence-electron chi connectivity index (χ2n) is 15.6. The minimum Gasteiger partial charge on any atom is -0.310 e. The number of aryl methyl sites for hydroxylation is 4. The van der Waals surface area contributed by atoms with Gasteiger partial charge in [0.25, 0.3) is 0 Å². The molecule has 0 bridgehead atoms. The number of thiophene rings is 2. The lowest BCUT2D eigenvalue weighted by molar-refractivity contribution is 1.23. The van der Waals surface area contributed by atoms with Crippen molar-refractivity contribution in [2.45, 2.75) is 27.7 Å². The first kappa shape index (κ1) is 34.8. The van der Waals surface area contributed by atoms with Crippen LogP contribution in [0.5, 0.6) is 0 Å². The molecule has 0 saturated heterocycles. The number of rotatable bonds is 6. The fourth-order valence-corrected chi connectivity index (χ4v) is 11.5. The molecule has 0 atom stereocenters. The van der Waals surface area contributed by atoms with Crippen molar-refractivity contribution in [3.8, 4) is 0 Å². The Hall–Kier alpha value is -6.46. The number of hydrogen-bond acceptors (Lipinski definition) is 4. The molecule has 0 radical (unpaired) electrons. The zero-order chi connectivity index (χ0) is 39.1. The third-order valence-electron chi connectivity index (χ3n) is 11.9. The first-order valence-corrected chi connectivity index (χ1v) is 21.6. The summed E-state index contributed by atoms with van der Waals surface area (Å²) in [5, 5.41) is 10.4. The lowest BCUT2D eigenvalue weighted by Crippen LogP contribution is -2.12. The van der Waals surface area contributed by atoms with Gasteiger partial charge in [-0.3, -0.25) is 0 Å². The minimum absolute atomic E-state index is 1.17. The molecule has 2 nitrogen and oxygen atoms in total. The van der Waals surface area contributed by atoms with Crippen LogP contribution in [0.3, 0.4) is 0 Å². The van der Waals surface area contributed by atoms with Gasteiger partial charge in [0.1, 0.15) is 0 Å². The smallest absolute Gasteiger partial charge is 0.0490 e. The highest BCUT2D eigenvalue weighted by Crippen LogP contribution is 2.47. The predicted molar refractivity (Wildman–Crippen MR) is 256 cm³/mol. The van der Waals surface area contributed by atoms with Gasteiger partial charge in [-0.15, -0.1) is 22.7 Å². The maximum atomic E-state index is 2.46. The average molecular weight is 781 g/mol. The normalized spacial score (nSPS) is 11.8. The topological polar surface area (TPSA) is 6.48 Å². The lowest BCUT2D eigenvalue weighted by atomic mass is 10.0. The Bertz CT molecular complexity index is 3110. The molecule has 0 fully saturated rings. The highest BCUT2D eigenvalue weighted by atomic mass is 32.1. The van der Waals surface area contributed by atoms with Crippen LogP contribution < -0.4 is 9.80 Å². The van der Waals surface area contributed by atoms with E-state index in [9.17, 15) is 0 Å². The summed E-state index contributed by atoms with van der Waals surface area (Å²) < 4.78 is 5.38. The molecule has 0 unspecified atom stereocenters. The summed E-state index contributed by atoms with van der Waals surface area (Å²) in [6.07, 6.45) is 0. The zero-order valence-electron chi connectivity index (χ0n) is 32.9. The van der Waals surface area contributed by atoms with E-state index in [1.165, 1.54) is 118 Å². The molecule has 4 heteroatoms. The quantitative estimate of drug-likeness (QED) is 0.166. The van der Waals surface area contributed by atoms with E-state index in [4.69, 9.17) is 0 Å². The largest absolute Gasteiger partial charge is 0.310 e. The number of anilines is 6. The van der Waals surface area contributed by atoms with Gasteiger partial charge in [0.15, 0.2) is 0 Å². The Labute approximate surface area is 346 Å². The van der Waals surface area contributed by atoms with Crippen LogP contribution >= 0.6 is 22.7 Å². The second kappa shape index (κ2) is 13.6. The van der Waals surface area contributed by atoms with E-state index < -0.39 is 0 Å². The van der Waals surface area contributed by atoms with Crippen LogP contribution in [0.25, 0.3) is 61.9 Å². The molecule has 0 saturated carbocycles. The molecule has 0 aliphatic carbocycles. The average Bonchev–Trinajstić information content (AvgIpc) is 3.80. The first-order chi connectivity index (χ1) is 28.4. The van der Waals surface area contributed by atoms with Gasteiger partial charge in [0, 0.05) is 74.5 Å². The van der Waals surface area contributed by atoms with Crippen molar-refractivity contribution in [2.75, 3.05) is 9.80 Å². The van der Waals surface area contributed by atoms with Crippen LogP contribution in [0, 0.1) is 27.7 Å². The van der Waals surface area contributed by atoms with Crippen molar-refractivity contribution in [3.05, 3.63) is 192 Å². The Morgan fingerprint density at radius 1 is 0.310 bits per heavy atom. The van der Waals surface area contributed by atoms with E-state index in [-0.39, 0.29) is 0 Å². The molecule has 11 rings (SSSR count). The maximum Gasteiger partial charge on any atom is 0.0490 e. The highest BCUT2D eigenvalue weighted by Gasteiger charge is 2.20. The molecule has 11 aromatic rings. The van der Waals surface area contributed by atoms with Crippen molar-refractivity contribution in [1.29, 1.82) is 0 Å².